The molecular weight excluding hydrogens is 338 g/mol. The number of hydrogen-bond acceptors (Lipinski definition) is 3. The van der Waals surface area contributed by atoms with Crippen LogP contribution in [0.1, 0.15) is 18.1 Å². The number of aryl methyl sites for hydroxylation is 1. The lowest BCUT2D eigenvalue weighted by Crippen LogP contribution is -2.50. The lowest BCUT2D eigenvalue weighted by molar-refractivity contribution is -0.193. The largest absolute Gasteiger partial charge is 0.483 e. The van der Waals surface area contributed by atoms with Gasteiger partial charge in [-0.15, -0.1) is 0 Å². The van der Waals surface area contributed by atoms with Gasteiger partial charge in [-0.05, 0) is 35.7 Å². The van der Waals surface area contributed by atoms with Crippen LogP contribution in [0.3, 0.4) is 0 Å². The fraction of sp³-hybridized carbons (Fsp3) is 0.200. The molecule has 0 fully saturated rings. The highest BCUT2D eigenvalue weighted by molar-refractivity contribution is 6.01. The van der Waals surface area contributed by atoms with Crippen LogP contribution in [0.4, 0.5) is 14.5 Å². The zero-order valence-corrected chi connectivity index (χ0v) is 14.1. The van der Waals surface area contributed by atoms with Gasteiger partial charge in [0.2, 0.25) is 0 Å². The van der Waals surface area contributed by atoms with Gasteiger partial charge in [-0.2, -0.15) is 8.78 Å². The van der Waals surface area contributed by atoms with Crippen LogP contribution in [0.25, 0.3) is 10.9 Å². The minimum absolute atomic E-state index is 0.00418. The van der Waals surface area contributed by atoms with Crippen LogP contribution in [0, 0.1) is 0 Å². The molecule has 26 heavy (non-hydrogen) atoms. The third-order valence-electron chi connectivity index (χ3n) is 4.46. The van der Waals surface area contributed by atoms with Crippen LogP contribution in [-0.2, 0) is 17.8 Å². The summed E-state index contributed by atoms with van der Waals surface area (Å²) >= 11 is 0. The summed E-state index contributed by atoms with van der Waals surface area (Å²) in [6.07, 6.45) is -1.76. The number of amides is 1. The zero-order chi connectivity index (χ0) is 18.3. The molecule has 4 rings (SSSR count). The number of fused-ring (bicyclic) bond motifs is 2. The molecule has 1 aromatic heterocycles. The van der Waals surface area contributed by atoms with E-state index in [2.05, 4.69) is 4.98 Å². The van der Waals surface area contributed by atoms with Gasteiger partial charge in [0.05, 0.1) is 17.7 Å². The Hall–Kier alpha value is -3.02. The quantitative estimate of drug-likeness (QED) is 0.704. The van der Waals surface area contributed by atoms with E-state index in [9.17, 15) is 13.6 Å². The topological polar surface area (TPSA) is 42.4 Å². The Morgan fingerprint density at radius 2 is 1.96 bits per heavy atom. The molecule has 0 saturated heterocycles. The van der Waals surface area contributed by atoms with Crippen molar-refractivity contribution in [2.45, 2.75) is 26.0 Å². The minimum Gasteiger partial charge on any atom is -0.423 e. The second-order valence-electron chi connectivity index (χ2n) is 6.17. The molecule has 0 saturated carbocycles. The van der Waals surface area contributed by atoms with Gasteiger partial charge in [0.1, 0.15) is 0 Å². The minimum atomic E-state index is -3.89. The number of anilines is 1. The predicted octanol–water partition coefficient (Wildman–Crippen LogP) is 4.32. The van der Waals surface area contributed by atoms with E-state index in [0.29, 0.717) is 23.2 Å². The monoisotopic (exact) mass is 354 g/mol. The molecule has 1 amide bonds. The third-order valence-corrected chi connectivity index (χ3v) is 4.46. The molecule has 0 spiro atoms. The first-order valence-electron chi connectivity index (χ1n) is 8.34. The molecule has 2 heterocycles. The number of pyridine rings is 1. The first-order chi connectivity index (χ1) is 12.5. The third kappa shape index (κ3) is 2.67. The lowest BCUT2D eigenvalue weighted by Gasteiger charge is -2.34. The Bertz CT molecular complexity index is 1000. The maximum atomic E-state index is 14.2. The van der Waals surface area contributed by atoms with Gasteiger partial charge in [-0.25, -0.2) is 0 Å². The van der Waals surface area contributed by atoms with Crippen LogP contribution in [-0.4, -0.2) is 17.0 Å². The maximum absolute atomic E-state index is 14.2. The summed E-state index contributed by atoms with van der Waals surface area (Å²) in [7, 11) is 0. The average molecular weight is 354 g/mol. The van der Waals surface area contributed by atoms with Crippen molar-refractivity contribution in [2.24, 2.45) is 0 Å². The molecule has 6 heteroatoms. The number of aromatic nitrogens is 1. The summed E-state index contributed by atoms with van der Waals surface area (Å²) in [5.74, 6) is -1.31. The number of benzene rings is 2. The molecule has 0 unspecified atom stereocenters. The number of halogens is 2. The molecular formula is C20H16F2N2O2. The highest BCUT2D eigenvalue weighted by Gasteiger charge is 2.51. The van der Waals surface area contributed by atoms with Gasteiger partial charge >= 0.3 is 12.0 Å². The van der Waals surface area contributed by atoms with Crippen LogP contribution in [0.2, 0.25) is 0 Å². The van der Waals surface area contributed by atoms with Crippen molar-refractivity contribution in [1.82, 2.24) is 4.98 Å². The van der Waals surface area contributed by atoms with Crippen molar-refractivity contribution in [3.8, 4) is 5.75 Å². The second kappa shape index (κ2) is 6.05. The standard InChI is InChI=1S/C20H16F2N2O2/c1-2-14-7-5-9-17-18(14)26-20(21,22)19(25)24(17)12-13-10-15-6-3-4-8-16(15)23-11-13/h3-11H,2,12H2,1H3. The van der Waals surface area contributed by atoms with Crippen molar-refractivity contribution in [3.05, 3.63) is 65.9 Å². The highest BCUT2D eigenvalue weighted by atomic mass is 19.3. The van der Waals surface area contributed by atoms with E-state index in [1.165, 1.54) is 0 Å². The summed E-state index contributed by atoms with van der Waals surface area (Å²) in [6, 6.07) is 14.5. The summed E-state index contributed by atoms with van der Waals surface area (Å²) < 4.78 is 33.1. The average Bonchev–Trinajstić information content (AvgIpc) is 2.64. The number of nitrogens with zero attached hydrogens (tertiary/aromatic N) is 2. The van der Waals surface area contributed by atoms with Gasteiger partial charge < -0.3 is 4.74 Å². The van der Waals surface area contributed by atoms with E-state index in [1.807, 2.05) is 37.3 Å². The van der Waals surface area contributed by atoms with Crippen LogP contribution in [0.15, 0.2) is 54.7 Å². The van der Waals surface area contributed by atoms with E-state index in [4.69, 9.17) is 4.74 Å². The van der Waals surface area contributed by atoms with Gasteiger partial charge in [-0.1, -0.05) is 37.3 Å². The number of rotatable bonds is 3. The fourth-order valence-corrected chi connectivity index (χ4v) is 3.16. The first-order valence-corrected chi connectivity index (χ1v) is 8.34. The molecule has 132 valence electrons. The second-order valence-corrected chi connectivity index (χ2v) is 6.17. The smallest absolute Gasteiger partial charge is 0.423 e. The first kappa shape index (κ1) is 16.4. The summed E-state index contributed by atoms with van der Waals surface area (Å²) in [5.41, 5.74) is 2.47. The van der Waals surface area contributed by atoms with Gasteiger partial charge in [0, 0.05) is 11.6 Å². The van der Waals surface area contributed by atoms with Gasteiger partial charge in [-0.3, -0.25) is 14.7 Å². The number of carbonyl (C=O) groups is 1. The number of alkyl halides is 2. The SMILES string of the molecule is CCc1cccc2c1OC(F)(F)C(=O)N2Cc1cnc2ccccc2c1. The number of ether oxygens (including phenoxy) is 1. The Kier molecular flexibility index (Phi) is 3.83. The summed E-state index contributed by atoms with van der Waals surface area (Å²) in [4.78, 5) is 17.7. The van der Waals surface area contributed by atoms with E-state index in [-0.39, 0.29) is 12.3 Å². The van der Waals surface area contributed by atoms with E-state index in [1.54, 1.807) is 24.4 Å². The highest BCUT2D eigenvalue weighted by Crippen LogP contribution is 2.42. The van der Waals surface area contributed by atoms with Crippen LogP contribution in [0.5, 0.6) is 5.75 Å². The Morgan fingerprint density at radius 1 is 1.15 bits per heavy atom. The molecule has 0 atom stereocenters. The van der Waals surface area contributed by atoms with Crippen molar-refractivity contribution >= 4 is 22.5 Å². The zero-order valence-electron chi connectivity index (χ0n) is 14.1. The predicted molar refractivity (Wildman–Crippen MR) is 94.3 cm³/mol. The van der Waals surface area contributed by atoms with Crippen molar-refractivity contribution in [2.75, 3.05) is 4.90 Å². The molecule has 3 aromatic rings. The van der Waals surface area contributed by atoms with Crippen molar-refractivity contribution < 1.29 is 18.3 Å². The van der Waals surface area contributed by atoms with Gasteiger partial charge in [0.25, 0.3) is 0 Å². The molecule has 0 aliphatic carbocycles. The lowest BCUT2D eigenvalue weighted by atomic mass is 10.1. The molecule has 0 N–H and O–H groups in total. The van der Waals surface area contributed by atoms with Gasteiger partial charge in [0.15, 0.2) is 5.75 Å². The molecule has 4 nitrogen and oxygen atoms in total. The number of carbonyl (C=O) groups excluding carboxylic acids is 1. The van der Waals surface area contributed by atoms with Crippen LogP contribution < -0.4 is 9.64 Å². The summed E-state index contributed by atoms with van der Waals surface area (Å²) in [6.45, 7) is 1.85. The van der Waals surface area contributed by atoms with Crippen LogP contribution >= 0.6 is 0 Å². The van der Waals surface area contributed by atoms with Crippen molar-refractivity contribution in [3.63, 3.8) is 0 Å². The Morgan fingerprint density at radius 3 is 2.77 bits per heavy atom. The van der Waals surface area contributed by atoms with E-state index < -0.39 is 12.0 Å². The fourth-order valence-electron chi connectivity index (χ4n) is 3.16. The summed E-state index contributed by atoms with van der Waals surface area (Å²) in [5, 5.41) is 0.889. The molecule has 1 aliphatic heterocycles. The van der Waals surface area contributed by atoms with E-state index >= 15 is 0 Å². The number of hydrogen-bond donors (Lipinski definition) is 0. The molecule has 1 aliphatic rings. The van der Waals surface area contributed by atoms with Crippen molar-refractivity contribution in [1.29, 1.82) is 0 Å². The molecule has 2 aromatic carbocycles. The normalized spacial score (nSPS) is 15.7. The maximum Gasteiger partial charge on any atom is 0.483 e. The molecule has 0 radical (unpaired) electrons. The Labute approximate surface area is 149 Å². The van der Waals surface area contributed by atoms with E-state index in [0.717, 1.165) is 15.8 Å². The Balaban J connectivity index is 1.78. The molecule has 0 bridgehead atoms. The number of para-hydroxylation sites is 2.